The number of benzene rings is 2. The van der Waals surface area contributed by atoms with E-state index >= 15 is 0 Å². The second-order valence-corrected chi connectivity index (χ2v) is 9.18. The number of aryl methyl sites for hydroxylation is 1. The van der Waals surface area contributed by atoms with Gasteiger partial charge in [0.05, 0.1) is 9.92 Å². The number of halogens is 1. The summed E-state index contributed by atoms with van der Waals surface area (Å²) in [6, 6.07) is 14.3. The van der Waals surface area contributed by atoms with Crippen LogP contribution in [-0.4, -0.2) is 54.7 Å². The zero-order chi connectivity index (χ0) is 19.9. The fraction of sp³-hybridized carbons (Fsp3) is 0.250. The number of H-pyrrole nitrogens is 1. The fourth-order valence-corrected chi connectivity index (χ4v) is 5.12. The molecule has 1 aliphatic rings. The van der Waals surface area contributed by atoms with Gasteiger partial charge in [-0.3, -0.25) is 4.79 Å². The molecule has 6 nitrogen and oxygen atoms in total. The van der Waals surface area contributed by atoms with Gasteiger partial charge in [0.1, 0.15) is 5.69 Å². The predicted octanol–water partition coefficient (Wildman–Crippen LogP) is 3.28. The summed E-state index contributed by atoms with van der Waals surface area (Å²) >= 11 is 6.38. The average Bonchev–Trinajstić information content (AvgIpc) is 3.05. The first-order chi connectivity index (χ1) is 13.4. The van der Waals surface area contributed by atoms with Gasteiger partial charge >= 0.3 is 0 Å². The van der Waals surface area contributed by atoms with Crippen LogP contribution >= 0.6 is 11.6 Å². The number of nitrogens with zero attached hydrogens (tertiary/aromatic N) is 2. The maximum atomic E-state index is 12.9. The Morgan fingerprint density at radius 2 is 1.64 bits per heavy atom. The lowest BCUT2D eigenvalue weighted by Gasteiger charge is -2.33. The second kappa shape index (κ2) is 7.24. The van der Waals surface area contributed by atoms with Gasteiger partial charge in [-0.25, -0.2) is 8.42 Å². The molecule has 1 aliphatic heterocycles. The third kappa shape index (κ3) is 3.30. The smallest absolute Gasteiger partial charge is 0.271 e. The third-order valence-corrected chi connectivity index (χ3v) is 7.35. The quantitative estimate of drug-likeness (QED) is 0.710. The number of amides is 1. The molecule has 0 saturated carbocycles. The van der Waals surface area contributed by atoms with Gasteiger partial charge < -0.3 is 9.88 Å². The highest BCUT2D eigenvalue weighted by Crippen LogP contribution is 2.28. The molecule has 4 rings (SSSR count). The van der Waals surface area contributed by atoms with Crippen LogP contribution in [0.3, 0.4) is 0 Å². The number of carbonyl (C=O) groups excluding carboxylic acids is 1. The molecular formula is C20H20ClN3O3S. The molecule has 1 N–H and O–H groups in total. The van der Waals surface area contributed by atoms with Crippen molar-refractivity contribution in [3.05, 3.63) is 64.8 Å². The number of aromatic amines is 1. The number of nitrogens with one attached hydrogen (secondary N) is 1. The SMILES string of the molecule is Cc1ccc(S(=O)(=O)N2CCN(C(=O)c3[nH]c4ccccc4c3Cl)CC2)cc1. The molecule has 0 aliphatic carbocycles. The van der Waals surface area contributed by atoms with Gasteiger partial charge in [0.2, 0.25) is 10.0 Å². The monoisotopic (exact) mass is 417 g/mol. The Balaban J connectivity index is 1.49. The van der Waals surface area contributed by atoms with Gasteiger partial charge in [-0.05, 0) is 25.1 Å². The molecule has 1 aromatic heterocycles. The van der Waals surface area contributed by atoms with Crippen molar-refractivity contribution in [2.24, 2.45) is 0 Å². The minimum Gasteiger partial charge on any atom is -0.349 e. The van der Waals surface area contributed by atoms with Crippen molar-refractivity contribution in [3.63, 3.8) is 0 Å². The van der Waals surface area contributed by atoms with Gasteiger partial charge in [-0.15, -0.1) is 0 Å². The van der Waals surface area contributed by atoms with Crippen molar-refractivity contribution in [2.45, 2.75) is 11.8 Å². The summed E-state index contributed by atoms with van der Waals surface area (Å²) < 4.78 is 27.0. The number of hydrogen-bond donors (Lipinski definition) is 1. The molecule has 0 bridgehead atoms. The summed E-state index contributed by atoms with van der Waals surface area (Å²) in [5, 5.41) is 1.20. The second-order valence-electron chi connectivity index (χ2n) is 6.87. The van der Waals surface area contributed by atoms with E-state index in [9.17, 15) is 13.2 Å². The first-order valence-corrected chi connectivity index (χ1v) is 10.8. The fourth-order valence-electron chi connectivity index (χ4n) is 3.40. The Hall–Kier alpha value is -2.35. The molecule has 1 amide bonds. The largest absolute Gasteiger partial charge is 0.349 e. The Kier molecular flexibility index (Phi) is 4.91. The van der Waals surface area contributed by atoms with Crippen LogP contribution in [0.4, 0.5) is 0 Å². The number of sulfonamides is 1. The topological polar surface area (TPSA) is 73.5 Å². The van der Waals surface area contributed by atoms with Crippen LogP contribution < -0.4 is 0 Å². The van der Waals surface area contributed by atoms with Crippen molar-refractivity contribution in [1.82, 2.24) is 14.2 Å². The maximum absolute atomic E-state index is 12.9. The van der Waals surface area contributed by atoms with E-state index in [0.29, 0.717) is 23.8 Å². The Labute approximate surface area is 168 Å². The van der Waals surface area contributed by atoms with Crippen LogP contribution in [0.15, 0.2) is 53.4 Å². The lowest BCUT2D eigenvalue weighted by Crippen LogP contribution is -2.50. The molecular weight excluding hydrogens is 398 g/mol. The zero-order valence-corrected chi connectivity index (χ0v) is 16.9. The van der Waals surface area contributed by atoms with E-state index in [1.54, 1.807) is 29.2 Å². The molecule has 0 unspecified atom stereocenters. The summed E-state index contributed by atoms with van der Waals surface area (Å²) in [5.41, 5.74) is 2.15. The molecule has 0 radical (unpaired) electrons. The average molecular weight is 418 g/mol. The van der Waals surface area contributed by atoms with E-state index in [1.807, 2.05) is 31.2 Å². The molecule has 2 aromatic carbocycles. The lowest BCUT2D eigenvalue weighted by molar-refractivity contribution is 0.0693. The molecule has 28 heavy (non-hydrogen) atoms. The first kappa shape index (κ1) is 19.0. The van der Waals surface area contributed by atoms with Crippen molar-refractivity contribution in [2.75, 3.05) is 26.2 Å². The number of rotatable bonds is 3. The molecule has 146 valence electrons. The summed E-state index contributed by atoms with van der Waals surface area (Å²) in [6.45, 7) is 3.04. The van der Waals surface area contributed by atoms with Crippen molar-refractivity contribution in [1.29, 1.82) is 0 Å². The molecule has 2 heterocycles. The van der Waals surface area contributed by atoms with Gasteiger partial charge in [0, 0.05) is 37.1 Å². The Bertz CT molecular complexity index is 1130. The third-order valence-electron chi connectivity index (χ3n) is 5.04. The summed E-state index contributed by atoms with van der Waals surface area (Å²) in [6.07, 6.45) is 0. The Morgan fingerprint density at radius 3 is 2.29 bits per heavy atom. The first-order valence-electron chi connectivity index (χ1n) is 9.00. The van der Waals surface area contributed by atoms with Crippen LogP contribution in [0.1, 0.15) is 16.1 Å². The van der Waals surface area contributed by atoms with Gasteiger partial charge in [-0.1, -0.05) is 47.5 Å². The van der Waals surface area contributed by atoms with E-state index in [1.165, 1.54) is 4.31 Å². The van der Waals surface area contributed by atoms with Crippen molar-refractivity contribution < 1.29 is 13.2 Å². The predicted molar refractivity (Wildman–Crippen MR) is 109 cm³/mol. The summed E-state index contributed by atoms with van der Waals surface area (Å²) in [5.74, 6) is -0.214. The van der Waals surface area contributed by atoms with Gasteiger partial charge in [-0.2, -0.15) is 4.31 Å². The van der Waals surface area contributed by atoms with E-state index in [4.69, 9.17) is 11.6 Å². The number of aromatic nitrogens is 1. The van der Waals surface area contributed by atoms with Crippen molar-refractivity contribution in [3.8, 4) is 0 Å². The number of piperazine rings is 1. The Morgan fingerprint density at radius 1 is 1.00 bits per heavy atom. The van der Waals surface area contributed by atoms with Crippen molar-refractivity contribution >= 4 is 38.4 Å². The minimum absolute atomic E-state index is 0.214. The number of carbonyl (C=O) groups is 1. The number of hydrogen-bond acceptors (Lipinski definition) is 3. The van der Waals surface area contributed by atoms with Crippen LogP contribution in [0.5, 0.6) is 0 Å². The van der Waals surface area contributed by atoms with Crippen LogP contribution in [0.25, 0.3) is 10.9 Å². The van der Waals surface area contributed by atoms with E-state index < -0.39 is 10.0 Å². The lowest BCUT2D eigenvalue weighted by atomic mass is 10.2. The molecule has 0 atom stereocenters. The molecule has 0 spiro atoms. The maximum Gasteiger partial charge on any atom is 0.271 e. The number of fused-ring (bicyclic) bond motifs is 1. The minimum atomic E-state index is -3.56. The normalized spacial score (nSPS) is 15.9. The molecule has 1 fully saturated rings. The van der Waals surface area contributed by atoms with E-state index in [-0.39, 0.29) is 23.9 Å². The zero-order valence-electron chi connectivity index (χ0n) is 15.4. The standard InChI is InChI=1S/C20H20ClN3O3S/c1-14-6-8-15(9-7-14)28(26,27)24-12-10-23(11-13-24)20(25)19-18(21)16-4-2-3-5-17(16)22-19/h2-9,22H,10-13H2,1H3. The highest BCUT2D eigenvalue weighted by molar-refractivity contribution is 7.89. The van der Waals surface area contributed by atoms with Crippen LogP contribution in [0.2, 0.25) is 5.02 Å². The highest BCUT2D eigenvalue weighted by Gasteiger charge is 2.31. The summed E-state index contributed by atoms with van der Waals surface area (Å²) in [4.78, 5) is 17.9. The molecule has 3 aromatic rings. The summed E-state index contributed by atoms with van der Waals surface area (Å²) in [7, 11) is -3.56. The van der Waals surface area contributed by atoms with Crippen LogP contribution in [0, 0.1) is 6.92 Å². The number of para-hydroxylation sites is 1. The molecule has 1 saturated heterocycles. The van der Waals surface area contributed by atoms with E-state index in [2.05, 4.69) is 4.98 Å². The van der Waals surface area contributed by atoms with Crippen LogP contribution in [-0.2, 0) is 10.0 Å². The van der Waals surface area contributed by atoms with Gasteiger partial charge in [0.15, 0.2) is 0 Å². The van der Waals surface area contributed by atoms with Gasteiger partial charge in [0.25, 0.3) is 5.91 Å². The highest BCUT2D eigenvalue weighted by atomic mass is 35.5. The van der Waals surface area contributed by atoms with E-state index in [0.717, 1.165) is 16.5 Å². The molecule has 8 heteroatoms.